The number of carbonyl (C=O) groups excluding carboxylic acids is 2. The van der Waals surface area contributed by atoms with Gasteiger partial charge in [0.15, 0.2) is 0 Å². The Bertz CT molecular complexity index is 549. The van der Waals surface area contributed by atoms with Crippen LogP contribution in [-0.2, 0) is 16.1 Å². The molecule has 1 aliphatic carbocycles. The SMILES string of the molecule is Cc1csc(CN2CCC(=O)NC3(CCCCC3)C2=O)n1. The molecule has 1 N–H and O–H groups in total. The van der Waals surface area contributed by atoms with Crippen molar-refractivity contribution in [3.8, 4) is 0 Å². The van der Waals surface area contributed by atoms with E-state index < -0.39 is 5.54 Å². The van der Waals surface area contributed by atoms with Gasteiger partial charge in [-0.25, -0.2) is 4.98 Å². The van der Waals surface area contributed by atoms with Crippen LogP contribution in [0.2, 0.25) is 0 Å². The smallest absolute Gasteiger partial charge is 0.248 e. The number of thiazole rings is 1. The van der Waals surface area contributed by atoms with Crippen LogP contribution in [0.3, 0.4) is 0 Å². The molecule has 0 unspecified atom stereocenters. The molecule has 2 aliphatic rings. The molecule has 114 valence electrons. The topological polar surface area (TPSA) is 62.3 Å². The molecular formula is C15H21N3O2S. The van der Waals surface area contributed by atoms with Crippen LogP contribution in [0.4, 0.5) is 0 Å². The first-order valence-electron chi connectivity index (χ1n) is 7.60. The molecule has 2 fully saturated rings. The largest absolute Gasteiger partial charge is 0.342 e. The van der Waals surface area contributed by atoms with E-state index in [1.165, 1.54) is 0 Å². The summed E-state index contributed by atoms with van der Waals surface area (Å²) in [5.41, 5.74) is 0.330. The third-order valence-corrected chi connectivity index (χ3v) is 5.34. The number of hydrogen-bond acceptors (Lipinski definition) is 4. The van der Waals surface area contributed by atoms with Crippen molar-refractivity contribution in [3.63, 3.8) is 0 Å². The lowest BCUT2D eigenvalue weighted by atomic mass is 9.80. The van der Waals surface area contributed by atoms with E-state index in [4.69, 9.17) is 0 Å². The number of nitrogens with zero attached hydrogens (tertiary/aromatic N) is 2. The lowest BCUT2D eigenvalue weighted by Crippen LogP contribution is -2.57. The van der Waals surface area contributed by atoms with E-state index in [1.54, 1.807) is 11.3 Å². The number of amides is 2. The van der Waals surface area contributed by atoms with Crippen molar-refractivity contribution in [3.05, 3.63) is 16.1 Å². The van der Waals surface area contributed by atoms with Crippen LogP contribution in [0.5, 0.6) is 0 Å². The predicted octanol–water partition coefficient (Wildman–Crippen LogP) is 2.00. The highest BCUT2D eigenvalue weighted by atomic mass is 32.1. The number of hydrogen-bond donors (Lipinski definition) is 1. The summed E-state index contributed by atoms with van der Waals surface area (Å²) in [5.74, 6) is 0.0870. The zero-order valence-electron chi connectivity index (χ0n) is 12.4. The Morgan fingerprint density at radius 2 is 2.10 bits per heavy atom. The van der Waals surface area contributed by atoms with Gasteiger partial charge in [0.1, 0.15) is 10.5 Å². The van der Waals surface area contributed by atoms with Crippen LogP contribution in [0, 0.1) is 6.92 Å². The summed E-state index contributed by atoms with van der Waals surface area (Å²) in [6.07, 6.45) is 5.09. The van der Waals surface area contributed by atoms with Crippen LogP contribution >= 0.6 is 11.3 Å². The summed E-state index contributed by atoms with van der Waals surface area (Å²) in [5, 5.41) is 5.96. The minimum atomic E-state index is -0.655. The van der Waals surface area contributed by atoms with E-state index in [2.05, 4.69) is 10.3 Å². The maximum absolute atomic E-state index is 13.0. The Hall–Kier alpha value is -1.43. The van der Waals surface area contributed by atoms with Gasteiger partial charge in [0, 0.05) is 24.0 Å². The van der Waals surface area contributed by atoms with Crippen LogP contribution in [-0.4, -0.2) is 33.8 Å². The van der Waals surface area contributed by atoms with Gasteiger partial charge in [0.05, 0.1) is 6.54 Å². The molecule has 6 heteroatoms. The Morgan fingerprint density at radius 1 is 1.33 bits per heavy atom. The minimum Gasteiger partial charge on any atom is -0.342 e. The van der Waals surface area contributed by atoms with Crippen LogP contribution in [0.15, 0.2) is 5.38 Å². The highest BCUT2D eigenvalue weighted by Crippen LogP contribution is 2.32. The van der Waals surface area contributed by atoms with Gasteiger partial charge >= 0.3 is 0 Å². The fourth-order valence-corrected chi connectivity index (χ4v) is 4.09. The van der Waals surface area contributed by atoms with Gasteiger partial charge in [-0.2, -0.15) is 0 Å². The summed E-state index contributed by atoms with van der Waals surface area (Å²) in [6.45, 7) is 2.97. The van der Waals surface area contributed by atoms with Crippen molar-refractivity contribution in [2.45, 2.75) is 57.5 Å². The molecule has 1 aromatic rings. The monoisotopic (exact) mass is 307 g/mol. The molecular weight excluding hydrogens is 286 g/mol. The summed E-state index contributed by atoms with van der Waals surface area (Å²) in [7, 11) is 0. The number of rotatable bonds is 2. The second-order valence-electron chi connectivity index (χ2n) is 6.05. The first-order valence-corrected chi connectivity index (χ1v) is 8.48. The Labute approximate surface area is 128 Å². The molecule has 0 bridgehead atoms. The van der Waals surface area contributed by atoms with E-state index in [0.29, 0.717) is 19.5 Å². The standard InChI is InChI=1S/C15H21N3O2S/c1-11-10-21-13(16-11)9-18-8-5-12(19)17-15(14(18)20)6-3-2-4-7-15/h10H,2-9H2,1H3,(H,17,19). The van der Waals surface area contributed by atoms with Crippen LogP contribution in [0.1, 0.15) is 49.2 Å². The van der Waals surface area contributed by atoms with Gasteiger partial charge < -0.3 is 10.2 Å². The number of carbonyl (C=O) groups is 2. The average molecular weight is 307 g/mol. The fraction of sp³-hybridized carbons (Fsp3) is 0.667. The van der Waals surface area contributed by atoms with E-state index in [1.807, 2.05) is 17.2 Å². The van der Waals surface area contributed by atoms with Crippen LogP contribution in [0.25, 0.3) is 0 Å². The fourth-order valence-electron chi connectivity index (χ4n) is 3.31. The highest BCUT2D eigenvalue weighted by Gasteiger charge is 2.45. The second kappa shape index (κ2) is 5.75. The third kappa shape index (κ3) is 2.95. The number of nitrogens with one attached hydrogen (secondary N) is 1. The zero-order valence-corrected chi connectivity index (χ0v) is 13.2. The molecule has 0 radical (unpaired) electrons. The molecule has 0 atom stereocenters. The highest BCUT2D eigenvalue weighted by molar-refractivity contribution is 7.09. The number of aromatic nitrogens is 1. The van der Waals surface area contributed by atoms with Gasteiger partial charge in [0.2, 0.25) is 11.8 Å². The van der Waals surface area contributed by atoms with Gasteiger partial charge in [-0.1, -0.05) is 19.3 Å². The van der Waals surface area contributed by atoms with Crippen molar-refractivity contribution in [2.75, 3.05) is 6.54 Å². The van der Waals surface area contributed by atoms with Gasteiger partial charge in [-0.05, 0) is 19.8 Å². The second-order valence-corrected chi connectivity index (χ2v) is 6.99. The van der Waals surface area contributed by atoms with E-state index >= 15 is 0 Å². The average Bonchev–Trinajstić information content (AvgIpc) is 2.84. The molecule has 2 heterocycles. The van der Waals surface area contributed by atoms with E-state index in [9.17, 15) is 9.59 Å². The van der Waals surface area contributed by atoms with Gasteiger partial charge in [0.25, 0.3) is 0 Å². The molecule has 1 spiro atoms. The third-order valence-electron chi connectivity index (χ3n) is 4.38. The van der Waals surface area contributed by atoms with Crippen LogP contribution < -0.4 is 5.32 Å². The Morgan fingerprint density at radius 3 is 2.76 bits per heavy atom. The predicted molar refractivity (Wildman–Crippen MR) is 80.8 cm³/mol. The van der Waals surface area contributed by atoms with E-state index in [-0.39, 0.29) is 11.8 Å². The Balaban J connectivity index is 1.82. The van der Waals surface area contributed by atoms with Crippen molar-refractivity contribution in [2.24, 2.45) is 0 Å². The molecule has 1 aromatic heterocycles. The molecule has 5 nitrogen and oxygen atoms in total. The van der Waals surface area contributed by atoms with E-state index in [0.717, 1.165) is 42.8 Å². The molecule has 0 aromatic carbocycles. The molecule has 1 saturated carbocycles. The quantitative estimate of drug-likeness (QED) is 0.909. The van der Waals surface area contributed by atoms with Gasteiger partial charge in [-0.15, -0.1) is 11.3 Å². The van der Waals surface area contributed by atoms with Crippen molar-refractivity contribution in [1.29, 1.82) is 0 Å². The lowest BCUT2D eigenvalue weighted by molar-refractivity contribution is -0.140. The maximum atomic E-state index is 13.0. The van der Waals surface area contributed by atoms with Crippen molar-refractivity contribution >= 4 is 23.2 Å². The molecule has 1 aliphatic heterocycles. The summed E-state index contributed by atoms with van der Waals surface area (Å²) in [6, 6.07) is 0. The van der Waals surface area contributed by atoms with Gasteiger partial charge in [-0.3, -0.25) is 9.59 Å². The maximum Gasteiger partial charge on any atom is 0.248 e. The normalized spacial score (nSPS) is 22.2. The molecule has 21 heavy (non-hydrogen) atoms. The molecule has 2 amide bonds. The number of aryl methyl sites for hydroxylation is 1. The molecule has 1 saturated heterocycles. The first-order chi connectivity index (χ1) is 10.1. The summed E-state index contributed by atoms with van der Waals surface area (Å²) < 4.78 is 0. The van der Waals surface area contributed by atoms with Crippen molar-refractivity contribution < 1.29 is 9.59 Å². The minimum absolute atomic E-state index is 0.00284. The molecule has 3 rings (SSSR count). The summed E-state index contributed by atoms with van der Waals surface area (Å²) >= 11 is 1.58. The van der Waals surface area contributed by atoms with Crippen molar-refractivity contribution in [1.82, 2.24) is 15.2 Å². The lowest BCUT2D eigenvalue weighted by Gasteiger charge is -2.37. The first kappa shape index (κ1) is 14.5. The zero-order chi connectivity index (χ0) is 14.9. The summed E-state index contributed by atoms with van der Waals surface area (Å²) in [4.78, 5) is 31.2. The Kier molecular flexibility index (Phi) is 3.97.